The molecule has 1 fully saturated rings. The van der Waals surface area contributed by atoms with Gasteiger partial charge in [-0.05, 0) is 37.5 Å². The van der Waals surface area contributed by atoms with Gasteiger partial charge in [0, 0.05) is 51.4 Å². The number of carbonyl (C=O) groups is 1. The molecule has 0 bridgehead atoms. The number of anilines is 1. The zero-order valence-corrected chi connectivity index (χ0v) is 16.8. The molecule has 3 rings (SSSR count). The minimum Gasteiger partial charge on any atom is -0.384 e. The van der Waals surface area contributed by atoms with E-state index in [1.54, 1.807) is 0 Å². The first-order valence-electron chi connectivity index (χ1n) is 9.88. The SMILES string of the molecule is Cc1cc(C)c(NCCC(=O)N2CCN(Cc3ccccc3)CC2)c(C)c1. The van der Waals surface area contributed by atoms with E-state index in [0.29, 0.717) is 13.0 Å². The maximum Gasteiger partial charge on any atom is 0.224 e. The summed E-state index contributed by atoms with van der Waals surface area (Å²) in [5.74, 6) is 0.254. The van der Waals surface area contributed by atoms with Crippen LogP contribution in [0.5, 0.6) is 0 Å². The number of nitrogens with zero attached hydrogens (tertiary/aromatic N) is 2. The summed E-state index contributed by atoms with van der Waals surface area (Å²) in [6, 6.07) is 14.9. The molecule has 27 heavy (non-hydrogen) atoms. The summed E-state index contributed by atoms with van der Waals surface area (Å²) in [5.41, 5.74) is 6.27. The van der Waals surface area contributed by atoms with Gasteiger partial charge in [0.05, 0.1) is 0 Å². The molecule has 4 nitrogen and oxygen atoms in total. The molecule has 2 aromatic carbocycles. The second-order valence-electron chi connectivity index (χ2n) is 7.59. The predicted octanol–water partition coefficient (Wildman–Crippen LogP) is 3.76. The normalized spacial score (nSPS) is 15.0. The van der Waals surface area contributed by atoms with E-state index in [1.807, 2.05) is 11.0 Å². The molecule has 2 aromatic rings. The standard InChI is InChI=1S/C23H31N3O/c1-18-15-19(2)23(20(3)16-18)24-10-9-22(27)26-13-11-25(12-14-26)17-21-7-5-4-6-8-21/h4-8,15-16,24H,9-14,17H2,1-3H3. The van der Waals surface area contributed by atoms with Crippen LogP contribution in [0.4, 0.5) is 5.69 Å². The van der Waals surface area contributed by atoms with Gasteiger partial charge in [0.15, 0.2) is 0 Å². The van der Waals surface area contributed by atoms with E-state index in [2.05, 4.69) is 67.4 Å². The lowest BCUT2D eigenvalue weighted by molar-refractivity contribution is -0.132. The molecule has 0 aliphatic carbocycles. The van der Waals surface area contributed by atoms with Crippen LogP contribution in [0, 0.1) is 20.8 Å². The topological polar surface area (TPSA) is 35.6 Å². The molecule has 1 amide bonds. The van der Waals surface area contributed by atoms with Gasteiger partial charge in [-0.15, -0.1) is 0 Å². The number of rotatable bonds is 6. The van der Waals surface area contributed by atoms with Gasteiger partial charge >= 0.3 is 0 Å². The molecule has 0 saturated carbocycles. The number of hydrogen-bond donors (Lipinski definition) is 1. The van der Waals surface area contributed by atoms with Crippen LogP contribution in [-0.4, -0.2) is 48.4 Å². The van der Waals surface area contributed by atoms with Gasteiger partial charge in [0.2, 0.25) is 5.91 Å². The molecular weight excluding hydrogens is 334 g/mol. The second kappa shape index (κ2) is 9.05. The molecule has 0 radical (unpaired) electrons. The minimum absolute atomic E-state index is 0.254. The predicted molar refractivity (Wildman–Crippen MR) is 112 cm³/mol. The van der Waals surface area contributed by atoms with Crippen molar-refractivity contribution >= 4 is 11.6 Å². The molecule has 4 heteroatoms. The molecule has 144 valence electrons. The quantitative estimate of drug-likeness (QED) is 0.847. The van der Waals surface area contributed by atoms with Crippen molar-refractivity contribution in [1.82, 2.24) is 9.80 Å². The van der Waals surface area contributed by atoms with E-state index in [9.17, 15) is 4.79 Å². The first-order chi connectivity index (χ1) is 13.0. The summed E-state index contributed by atoms with van der Waals surface area (Å²) in [7, 11) is 0. The van der Waals surface area contributed by atoms with Crippen molar-refractivity contribution in [2.75, 3.05) is 38.0 Å². The highest BCUT2D eigenvalue weighted by Crippen LogP contribution is 2.21. The van der Waals surface area contributed by atoms with Crippen LogP contribution in [0.25, 0.3) is 0 Å². The molecule has 1 saturated heterocycles. The number of hydrogen-bond acceptors (Lipinski definition) is 3. The molecular formula is C23H31N3O. The van der Waals surface area contributed by atoms with Crippen LogP contribution in [0.1, 0.15) is 28.7 Å². The Bertz CT molecular complexity index is 741. The molecule has 1 N–H and O–H groups in total. The van der Waals surface area contributed by atoms with E-state index in [1.165, 1.54) is 27.9 Å². The number of piperazine rings is 1. The van der Waals surface area contributed by atoms with Crippen LogP contribution in [-0.2, 0) is 11.3 Å². The van der Waals surface area contributed by atoms with Gasteiger partial charge in [-0.2, -0.15) is 0 Å². The van der Waals surface area contributed by atoms with Crippen LogP contribution < -0.4 is 5.32 Å². The lowest BCUT2D eigenvalue weighted by Gasteiger charge is -2.35. The van der Waals surface area contributed by atoms with Crippen molar-refractivity contribution < 1.29 is 4.79 Å². The average molecular weight is 366 g/mol. The highest BCUT2D eigenvalue weighted by Gasteiger charge is 2.20. The van der Waals surface area contributed by atoms with E-state index >= 15 is 0 Å². The highest BCUT2D eigenvalue weighted by atomic mass is 16.2. The van der Waals surface area contributed by atoms with Gasteiger partial charge in [-0.3, -0.25) is 9.69 Å². The van der Waals surface area contributed by atoms with E-state index < -0.39 is 0 Å². The molecule has 1 aliphatic heterocycles. The number of amides is 1. The fourth-order valence-corrected chi connectivity index (χ4v) is 3.91. The fourth-order valence-electron chi connectivity index (χ4n) is 3.91. The summed E-state index contributed by atoms with van der Waals surface area (Å²) in [6.07, 6.45) is 0.547. The van der Waals surface area contributed by atoms with Crippen molar-refractivity contribution in [3.05, 3.63) is 64.7 Å². The minimum atomic E-state index is 0.254. The van der Waals surface area contributed by atoms with Gasteiger partial charge in [-0.25, -0.2) is 0 Å². The van der Waals surface area contributed by atoms with E-state index in [-0.39, 0.29) is 5.91 Å². The summed E-state index contributed by atoms with van der Waals surface area (Å²) in [4.78, 5) is 17.0. The monoisotopic (exact) mass is 365 g/mol. The lowest BCUT2D eigenvalue weighted by atomic mass is 10.1. The van der Waals surface area contributed by atoms with Crippen LogP contribution >= 0.6 is 0 Å². The van der Waals surface area contributed by atoms with Crippen molar-refractivity contribution in [3.63, 3.8) is 0 Å². The third kappa shape index (κ3) is 5.33. The summed E-state index contributed by atoms with van der Waals surface area (Å²) >= 11 is 0. The third-order valence-electron chi connectivity index (χ3n) is 5.29. The first-order valence-corrected chi connectivity index (χ1v) is 9.88. The zero-order chi connectivity index (χ0) is 19.2. The zero-order valence-electron chi connectivity index (χ0n) is 16.8. The van der Waals surface area contributed by atoms with Crippen LogP contribution in [0.3, 0.4) is 0 Å². The number of benzene rings is 2. The van der Waals surface area contributed by atoms with Crippen molar-refractivity contribution in [2.45, 2.75) is 33.7 Å². The summed E-state index contributed by atoms with van der Waals surface area (Å²) in [6.45, 7) is 11.6. The molecule has 1 aliphatic rings. The average Bonchev–Trinajstić information content (AvgIpc) is 2.65. The summed E-state index contributed by atoms with van der Waals surface area (Å²) < 4.78 is 0. The van der Waals surface area contributed by atoms with Crippen LogP contribution in [0.15, 0.2) is 42.5 Å². The number of aryl methyl sites for hydroxylation is 3. The number of nitrogens with one attached hydrogen (secondary N) is 1. The van der Waals surface area contributed by atoms with Gasteiger partial charge in [-0.1, -0.05) is 48.0 Å². The lowest BCUT2D eigenvalue weighted by Crippen LogP contribution is -2.48. The molecule has 0 aromatic heterocycles. The smallest absolute Gasteiger partial charge is 0.224 e. The van der Waals surface area contributed by atoms with Crippen molar-refractivity contribution in [2.24, 2.45) is 0 Å². The largest absolute Gasteiger partial charge is 0.384 e. The Morgan fingerprint density at radius 3 is 2.22 bits per heavy atom. The Morgan fingerprint density at radius 1 is 0.963 bits per heavy atom. The Morgan fingerprint density at radius 2 is 1.59 bits per heavy atom. The van der Waals surface area contributed by atoms with E-state index in [0.717, 1.165) is 32.7 Å². The Labute approximate surface area is 163 Å². The molecule has 0 unspecified atom stereocenters. The summed E-state index contributed by atoms with van der Waals surface area (Å²) in [5, 5.41) is 3.46. The Balaban J connectivity index is 1.42. The van der Waals surface area contributed by atoms with Gasteiger partial charge in [0.25, 0.3) is 0 Å². The first kappa shape index (κ1) is 19.4. The number of carbonyl (C=O) groups excluding carboxylic acids is 1. The fraction of sp³-hybridized carbons (Fsp3) is 0.435. The van der Waals surface area contributed by atoms with Crippen LogP contribution in [0.2, 0.25) is 0 Å². The van der Waals surface area contributed by atoms with E-state index in [4.69, 9.17) is 0 Å². The van der Waals surface area contributed by atoms with Crippen molar-refractivity contribution in [1.29, 1.82) is 0 Å². The van der Waals surface area contributed by atoms with Crippen molar-refractivity contribution in [3.8, 4) is 0 Å². The maximum absolute atomic E-state index is 12.5. The van der Waals surface area contributed by atoms with Gasteiger partial charge in [0.1, 0.15) is 0 Å². The van der Waals surface area contributed by atoms with Gasteiger partial charge < -0.3 is 10.2 Å². The molecule has 1 heterocycles. The second-order valence-corrected chi connectivity index (χ2v) is 7.59. The maximum atomic E-state index is 12.5. The molecule has 0 spiro atoms. The Hall–Kier alpha value is -2.33. The Kier molecular flexibility index (Phi) is 6.51. The molecule has 0 atom stereocenters. The third-order valence-corrected chi connectivity index (χ3v) is 5.29. The highest BCUT2D eigenvalue weighted by molar-refractivity contribution is 5.77.